The van der Waals surface area contributed by atoms with E-state index in [1.807, 2.05) is 13.0 Å². The molecule has 0 amide bonds. The molecule has 1 aromatic carbocycles. The van der Waals surface area contributed by atoms with Crippen LogP contribution in [0.2, 0.25) is 0 Å². The maximum absolute atomic E-state index is 5.77. The van der Waals surface area contributed by atoms with Crippen molar-refractivity contribution < 1.29 is 4.74 Å². The van der Waals surface area contributed by atoms with Crippen LogP contribution in [-0.2, 0) is 6.54 Å². The first kappa shape index (κ1) is 17.3. The molecule has 2 rings (SSSR count). The molecule has 1 saturated heterocycles. The van der Waals surface area contributed by atoms with E-state index in [9.17, 15) is 0 Å². The Morgan fingerprint density at radius 3 is 2.86 bits per heavy atom. The largest absolute Gasteiger partial charge is 0.492 e. The van der Waals surface area contributed by atoms with Crippen LogP contribution in [-0.4, -0.2) is 37.2 Å². The minimum atomic E-state index is 0.680. The first-order valence-electron chi connectivity index (χ1n) is 7.71. The summed E-state index contributed by atoms with van der Waals surface area (Å²) in [5, 5.41) is 3.60. The number of benzene rings is 1. The Morgan fingerprint density at radius 2 is 2.14 bits per heavy atom. The summed E-state index contributed by atoms with van der Waals surface area (Å²) in [6.07, 6.45) is 2.63. The molecule has 1 atom stereocenters. The monoisotopic (exact) mass is 418 g/mol. The lowest BCUT2D eigenvalue weighted by Gasteiger charge is -2.23. The van der Waals surface area contributed by atoms with Crippen LogP contribution >= 0.6 is 31.9 Å². The molecule has 0 spiro atoms. The number of ether oxygens (including phenoxy) is 1. The molecule has 1 heterocycles. The van der Waals surface area contributed by atoms with Gasteiger partial charge in [-0.3, -0.25) is 4.90 Å². The zero-order chi connectivity index (χ0) is 15.2. The Hall–Kier alpha value is -0.100. The summed E-state index contributed by atoms with van der Waals surface area (Å²) in [6, 6.07) is 4.85. The highest BCUT2D eigenvalue weighted by atomic mass is 79.9. The fourth-order valence-electron chi connectivity index (χ4n) is 2.97. The molecule has 0 aliphatic carbocycles. The number of likely N-dealkylation sites (tertiary alicyclic amines) is 1. The Bertz CT molecular complexity index is 468. The van der Waals surface area contributed by atoms with Crippen LogP contribution in [0.5, 0.6) is 5.75 Å². The topological polar surface area (TPSA) is 24.5 Å². The van der Waals surface area contributed by atoms with Gasteiger partial charge in [0.2, 0.25) is 0 Å². The van der Waals surface area contributed by atoms with E-state index in [-0.39, 0.29) is 0 Å². The zero-order valence-electron chi connectivity index (χ0n) is 12.8. The molecule has 0 saturated carbocycles. The minimum Gasteiger partial charge on any atom is -0.492 e. The molecular weight excluding hydrogens is 396 g/mol. The number of hydrogen-bond acceptors (Lipinski definition) is 3. The van der Waals surface area contributed by atoms with Gasteiger partial charge in [0.1, 0.15) is 5.75 Å². The Labute approximate surface area is 144 Å². The van der Waals surface area contributed by atoms with Crippen molar-refractivity contribution >= 4 is 31.9 Å². The Balaban J connectivity index is 1.96. The molecule has 1 aliphatic heterocycles. The molecule has 21 heavy (non-hydrogen) atoms. The van der Waals surface area contributed by atoms with Gasteiger partial charge in [0.25, 0.3) is 0 Å². The van der Waals surface area contributed by atoms with Gasteiger partial charge in [0.05, 0.1) is 11.1 Å². The van der Waals surface area contributed by atoms with Crippen molar-refractivity contribution in [3.63, 3.8) is 0 Å². The second kappa shape index (κ2) is 8.51. The maximum Gasteiger partial charge on any atom is 0.138 e. The van der Waals surface area contributed by atoms with Crippen molar-refractivity contribution in [3.8, 4) is 5.75 Å². The predicted molar refractivity (Wildman–Crippen MR) is 95.0 cm³/mol. The van der Waals surface area contributed by atoms with Crippen molar-refractivity contribution in [2.45, 2.75) is 39.3 Å². The lowest BCUT2D eigenvalue weighted by molar-refractivity contribution is 0.259. The summed E-state index contributed by atoms with van der Waals surface area (Å²) in [4.78, 5) is 2.56. The van der Waals surface area contributed by atoms with Gasteiger partial charge in [0.15, 0.2) is 0 Å². The molecule has 1 aromatic rings. The quantitative estimate of drug-likeness (QED) is 0.717. The smallest absolute Gasteiger partial charge is 0.138 e. The third-order valence-electron chi connectivity index (χ3n) is 3.97. The fraction of sp³-hybridized carbons (Fsp3) is 0.625. The normalized spacial score (nSPS) is 19.1. The van der Waals surface area contributed by atoms with Crippen molar-refractivity contribution in [3.05, 3.63) is 26.6 Å². The molecule has 0 bridgehead atoms. The van der Waals surface area contributed by atoms with Gasteiger partial charge in [-0.25, -0.2) is 0 Å². The van der Waals surface area contributed by atoms with E-state index >= 15 is 0 Å². The van der Waals surface area contributed by atoms with Crippen LogP contribution in [0.1, 0.15) is 32.3 Å². The van der Waals surface area contributed by atoms with Gasteiger partial charge >= 0.3 is 0 Å². The molecule has 0 aromatic heterocycles. The number of halogens is 2. The molecule has 1 aliphatic rings. The lowest BCUT2D eigenvalue weighted by atomic mass is 10.2. The number of likely N-dealkylation sites (N-methyl/N-ethyl adjacent to an activating group) is 1. The van der Waals surface area contributed by atoms with Crippen LogP contribution in [0.3, 0.4) is 0 Å². The number of nitrogens with zero attached hydrogens (tertiary/aromatic N) is 1. The second-order valence-corrected chi connectivity index (χ2v) is 7.13. The van der Waals surface area contributed by atoms with E-state index in [1.165, 1.54) is 24.9 Å². The maximum atomic E-state index is 5.77. The first-order valence-corrected chi connectivity index (χ1v) is 9.29. The number of hydrogen-bond donors (Lipinski definition) is 1. The third-order valence-corrected chi connectivity index (χ3v) is 5.02. The van der Waals surface area contributed by atoms with E-state index in [1.54, 1.807) is 0 Å². The van der Waals surface area contributed by atoms with Gasteiger partial charge in [-0.1, -0.05) is 22.9 Å². The number of nitrogens with one attached hydrogen (secondary N) is 1. The van der Waals surface area contributed by atoms with Crippen LogP contribution in [0.4, 0.5) is 0 Å². The standard InChI is InChI=1S/C16H24Br2N2O/c1-3-20-7-5-6-14(20)11-19-10-12-8-13(17)9-15(18)16(12)21-4-2/h8-9,14,19H,3-7,10-11H2,1-2H3/t14-/m1/s1. The summed E-state index contributed by atoms with van der Waals surface area (Å²) in [5.41, 5.74) is 1.19. The van der Waals surface area contributed by atoms with Crippen molar-refractivity contribution in [1.29, 1.82) is 0 Å². The van der Waals surface area contributed by atoms with Crippen molar-refractivity contribution in [2.24, 2.45) is 0 Å². The molecule has 1 fully saturated rings. The third kappa shape index (κ3) is 4.68. The van der Waals surface area contributed by atoms with Gasteiger partial charge in [0, 0.05) is 29.2 Å². The van der Waals surface area contributed by atoms with Crippen LogP contribution in [0, 0.1) is 0 Å². The van der Waals surface area contributed by atoms with Crippen molar-refractivity contribution in [1.82, 2.24) is 10.2 Å². The minimum absolute atomic E-state index is 0.680. The predicted octanol–water partition coefficient (Wildman–Crippen LogP) is 4.18. The lowest BCUT2D eigenvalue weighted by Crippen LogP contribution is -2.37. The molecule has 3 nitrogen and oxygen atoms in total. The highest BCUT2D eigenvalue weighted by Gasteiger charge is 2.22. The molecule has 1 N–H and O–H groups in total. The highest BCUT2D eigenvalue weighted by Crippen LogP contribution is 2.33. The SMILES string of the molecule is CCOc1c(Br)cc(Br)cc1CNC[C@H]1CCCN1CC. The van der Waals surface area contributed by atoms with Gasteiger partial charge in [-0.15, -0.1) is 0 Å². The Kier molecular flexibility index (Phi) is 6.99. The average molecular weight is 420 g/mol. The summed E-state index contributed by atoms with van der Waals surface area (Å²) < 4.78 is 7.85. The molecule has 0 unspecified atom stereocenters. The molecular formula is C16H24Br2N2O. The van der Waals surface area contributed by atoms with Gasteiger partial charge in [-0.2, -0.15) is 0 Å². The second-order valence-electron chi connectivity index (χ2n) is 5.36. The molecule has 0 radical (unpaired) electrons. The van der Waals surface area contributed by atoms with Crippen LogP contribution in [0.15, 0.2) is 21.1 Å². The summed E-state index contributed by atoms with van der Waals surface area (Å²) in [7, 11) is 0. The van der Waals surface area contributed by atoms with Gasteiger partial charge < -0.3 is 10.1 Å². The van der Waals surface area contributed by atoms with E-state index < -0.39 is 0 Å². The van der Waals surface area contributed by atoms with E-state index in [4.69, 9.17) is 4.74 Å². The van der Waals surface area contributed by atoms with E-state index in [2.05, 4.69) is 55.1 Å². The van der Waals surface area contributed by atoms with Crippen LogP contribution in [0.25, 0.3) is 0 Å². The average Bonchev–Trinajstić information content (AvgIpc) is 2.90. The molecule has 118 valence electrons. The summed E-state index contributed by atoms with van der Waals surface area (Å²) in [6.45, 7) is 9.22. The van der Waals surface area contributed by atoms with E-state index in [0.29, 0.717) is 12.6 Å². The zero-order valence-corrected chi connectivity index (χ0v) is 16.0. The Morgan fingerprint density at radius 1 is 1.33 bits per heavy atom. The summed E-state index contributed by atoms with van der Waals surface area (Å²) in [5.74, 6) is 0.951. The number of rotatable bonds is 7. The summed E-state index contributed by atoms with van der Waals surface area (Å²) >= 11 is 7.14. The first-order chi connectivity index (χ1) is 10.2. The highest BCUT2D eigenvalue weighted by molar-refractivity contribution is 9.11. The molecule has 5 heteroatoms. The fourth-order valence-corrected chi connectivity index (χ4v) is 4.40. The van der Waals surface area contributed by atoms with E-state index in [0.717, 1.165) is 34.3 Å². The van der Waals surface area contributed by atoms with Gasteiger partial charge in [-0.05, 0) is 60.9 Å². The van der Waals surface area contributed by atoms with Crippen LogP contribution < -0.4 is 10.1 Å². The van der Waals surface area contributed by atoms with Crippen molar-refractivity contribution in [2.75, 3.05) is 26.2 Å².